The molecule has 1 saturated heterocycles. The quantitative estimate of drug-likeness (QED) is 0.830. The minimum absolute atomic E-state index is 0.729. The number of aromatic nitrogens is 1. The summed E-state index contributed by atoms with van der Waals surface area (Å²) in [5, 5.41) is 10.3. The van der Waals surface area contributed by atoms with Gasteiger partial charge in [0.25, 0.3) is 0 Å². The van der Waals surface area contributed by atoms with Gasteiger partial charge in [-0.1, -0.05) is 31.5 Å². The first-order chi connectivity index (χ1) is 10.3. The van der Waals surface area contributed by atoms with Crippen LogP contribution < -0.4 is 4.90 Å². The van der Waals surface area contributed by atoms with Crippen LogP contribution in [0.2, 0.25) is 0 Å². The van der Waals surface area contributed by atoms with Crippen LogP contribution in [0.25, 0.3) is 10.9 Å². The van der Waals surface area contributed by atoms with E-state index in [-0.39, 0.29) is 0 Å². The Balaban J connectivity index is 1.95. The van der Waals surface area contributed by atoms with Crippen molar-refractivity contribution in [2.24, 2.45) is 5.92 Å². The molecule has 1 fully saturated rings. The highest BCUT2D eigenvalue weighted by Gasteiger charge is 2.18. The lowest BCUT2D eigenvalue weighted by molar-refractivity contribution is 0.459. The third kappa shape index (κ3) is 2.85. The maximum Gasteiger partial charge on any atom is 0.130 e. The fourth-order valence-corrected chi connectivity index (χ4v) is 3.22. The Kier molecular flexibility index (Phi) is 4.06. The maximum atomic E-state index is 9.40. The van der Waals surface area contributed by atoms with Crippen LogP contribution in [0.4, 0.5) is 5.82 Å². The van der Waals surface area contributed by atoms with Crippen LogP contribution in [0.5, 0.6) is 0 Å². The van der Waals surface area contributed by atoms with Crippen LogP contribution in [-0.2, 0) is 0 Å². The highest BCUT2D eigenvalue weighted by atomic mass is 15.2. The van der Waals surface area contributed by atoms with Crippen molar-refractivity contribution in [3.8, 4) is 6.07 Å². The van der Waals surface area contributed by atoms with Gasteiger partial charge in [0.2, 0.25) is 0 Å². The predicted octanol–water partition coefficient (Wildman–Crippen LogP) is 4.12. The van der Waals surface area contributed by atoms with Crippen molar-refractivity contribution < 1.29 is 0 Å². The van der Waals surface area contributed by atoms with Gasteiger partial charge in [-0.25, -0.2) is 4.98 Å². The average molecular weight is 279 g/mol. The van der Waals surface area contributed by atoms with Crippen molar-refractivity contribution in [2.75, 3.05) is 18.0 Å². The molecule has 0 saturated carbocycles. The van der Waals surface area contributed by atoms with Crippen LogP contribution in [0.3, 0.4) is 0 Å². The van der Waals surface area contributed by atoms with Gasteiger partial charge in [-0.05, 0) is 37.3 Å². The molecule has 1 aliphatic heterocycles. The second-order valence-electron chi connectivity index (χ2n) is 5.85. The number of nitrogens with zero attached hydrogens (tertiary/aromatic N) is 3. The number of nitriles is 1. The maximum absolute atomic E-state index is 9.40. The van der Waals surface area contributed by atoms with E-state index in [1.54, 1.807) is 0 Å². The number of fused-ring (bicyclic) bond motifs is 1. The Bertz CT molecular complexity index is 672. The summed E-state index contributed by atoms with van der Waals surface area (Å²) >= 11 is 0. The number of anilines is 1. The van der Waals surface area contributed by atoms with Gasteiger partial charge in [-0.15, -0.1) is 0 Å². The monoisotopic (exact) mass is 279 g/mol. The molecule has 1 aromatic heterocycles. The van der Waals surface area contributed by atoms with Gasteiger partial charge < -0.3 is 4.90 Å². The van der Waals surface area contributed by atoms with E-state index in [1.165, 1.54) is 25.7 Å². The molecule has 0 spiro atoms. The van der Waals surface area contributed by atoms with Crippen molar-refractivity contribution in [1.29, 1.82) is 5.26 Å². The SMILES string of the molecule is CCC1CCCN(c2cc(C#N)c3ccccc3n2)CC1. The summed E-state index contributed by atoms with van der Waals surface area (Å²) in [6.07, 6.45) is 5.02. The van der Waals surface area contributed by atoms with Gasteiger partial charge in [-0.2, -0.15) is 5.26 Å². The van der Waals surface area contributed by atoms with Gasteiger partial charge in [0.05, 0.1) is 17.1 Å². The van der Waals surface area contributed by atoms with Crippen molar-refractivity contribution in [3.63, 3.8) is 0 Å². The van der Waals surface area contributed by atoms with Gasteiger partial charge in [-0.3, -0.25) is 0 Å². The molecule has 1 atom stereocenters. The average Bonchev–Trinajstić information content (AvgIpc) is 2.79. The smallest absolute Gasteiger partial charge is 0.130 e. The van der Waals surface area contributed by atoms with Crippen molar-refractivity contribution in [1.82, 2.24) is 4.98 Å². The normalized spacial score (nSPS) is 19.2. The molecule has 2 heterocycles. The Labute approximate surface area is 126 Å². The van der Waals surface area contributed by atoms with E-state index in [2.05, 4.69) is 17.9 Å². The molecule has 21 heavy (non-hydrogen) atoms. The van der Waals surface area contributed by atoms with Gasteiger partial charge in [0, 0.05) is 18.5 Å². The van der Waals surface area contributed by atoms with E-state index >= 15 is 0 Å². The fourth-order valence-electron chi connectivity index (χ4n) is 3.22. The van der Waals surface area contributed by atoms with E-state index in [9.17, 15) is 5.26 Å². The Morgan fingerprint density at radius 2 is 2.14 bits per heavy atom. The summed E-state index contributed by atoms with van der Waals surface area (Å²) in [4.78, 5) is 7.12. The number of pyridine rings is 1. The molecule has 1 unspecified atom stereocenters. The van der Waals surface area contributed by atoms with E-state index in [0.717, 1.165) is 41.3 Å². The Morgan fingerprint density at radius 1 is 1.29 bits per heavy atom. The largest absolute Gasteiger partial charge is 0.357 e. The summed E-state index contributed by atoms with van der Waals surface area (Å²) in [5.74, 6) is 1.80. The molecule has 3 rings (SSSR count). The molecule has 0 aliphatic carbocycles. The number of hydrogen-bond acceptors (Lipinski definition) is 3. The van der Waals surface area contributed by atoms with Crippen LogP contribution in [-0.4, -0.2) is 18.1 Å². The first-order valence-corrected chi connectivity index (χ1v) is 7.86. The summed E-state index contributed by atoms with van der Waals surface area (Å²) in [6, 6.07) is 12.2. The van der Waals surface area contributed by atoms with Gasteiger partial charge >= 0.3 is 0 Å². The summed E-state index contributed by atoms with van der Waals surface area (Å²) in [5.41, 5.74) is 1.65. The third-order valence-electron chi connectivity index (χ3n) is 4.57. The minimum atomic E-state index is 0.729. The second-order valence-corrected chi connectivity index (χ2v) is 5.85. The molecule has 0 radical (unpaired) electrons. The number of hydrogen-bond donors (Lipinski definition) is 0. The topological polar surface area (TPSA) is 39.9 Å². The first-order valence-electron chi connectivity index (χ1n) is 7.86. The summed E-state index contributed by atoms with van der Waals surface area (Å²) in [6.45, 7) is 4.38. The van der Waals surface area contributed by atoms with Crippen molar-refractivity contribution >= 4 is 16.7 Å². The van der Waals surface area contributed by atoms with Crippen LogP contribution in [0.1, 0.15) is 38.2 Å². The molecule has 0 bridgehead atoms. The molecular weight excluding hydrogens is 258 g/mol. The van der Waals surface area contributed by atoms with E-state index < -0.39 is 0 Å². The molecule has 3 heteroatoms. The molecule has 3 nitrogen and oxygen atoms in total. The van der Waals surface area contributed by atoms with Crippen LogP contribution in [0.15, 0.2) is 30.3 Å². The van der Waals surface area contributed by atoms with E-state index in [4.69, 9.17) is 4.98 Å². The molecular formula is C18H21N3. The second kappa shape index (κ2) is 6.13. The number of benzene rings is 1. The molecule has 0 amide bonds. The zero-order valence-corrected chi connectivity index (χ0v) is 12.5. The fraction of sp³-hybridized carbons (Fsp3) is 0.444. The zero-order chi connectivity index (χ0) is 14.7. The van der Waals surface area contributed by atoms with Crippen LogP contribution in [0, 0.1) is 17.2 Å². The lowest BCUT2D eigenvalue weighted by Gasteiger charge is -2.22. The highest BCUT2D eigenvalue weighted by molar-refractivity contribution is 5.86. The van der Waals surface area contributed by atoms with E-state index in [1.807, 2.05) is 30.3 Å². The van der Waals surface area contributed by atoms with Crippen molar-refractivity contribution in [2.45, 2.75) is 32.6 Å². The minimum Gasteiger partial charge on any atom is -0.357 e. The standard InChI is InChI=1S/C18H21N3/c1-2-14-6-5-10-21(11-9-14)18-12-15(13-19)16-7-3-4-8-17(16)20-18/h3-4,7-8,12,14H,2,5-6,9-11H2,1H3. The van der Waals surface area contributed by atoms with E-state index in [0.29, 0.717) is 0 Å². The summed E-state index contributed by atoms with van der Waals surface area (Å²) in [7, 11) is 0. The molecule has 108 valence electrons. The Hall–Kier alpha value is -2.08. The number of rotatable bonds is 2. The lowest BCUT2D eigenvalue weighted by atomic mass is 9.98. The van der Waals surface area contributed by atoms with Crippen molar-refractivity contribution in [3.05, 3.63) is 35.9 Å². The molecule has 1 aliphatic rings. The lowest BCUT2D eigenvalue weighted by Crippen LogP contribution is -2.25. The zero-order valence-electron chi connectivity index (χ0n) is 12.5. The molecule has 1 aromatic carbocycles. The predicted molar refractivity (Wildman–Crippen MR) is 86.3 cm³/mol. The van der Waals surface area contributed by atoms with Gasteiger partial charge in [0.1, 0.15) is 5.82 Å². The molecule has 2 aromatic rings. The Morgan fingerprint density at radius 3 is 2.95 bits per heavy atom. The van der Waals surface area contributed by atoms with Crippen LogP contribution >= 0.6 is 0 Å². The highest BCUT2D eigenvalue weighted by Crippen LogP contribution is 2.26. The van der Waals surface area contributed by atoms with Gasteiger partial charge in [0.15, 0.2) is 0 Å². The third-order valence-corrected chi connectivity index (χ3v) is 4.57. The summed E-state index contributed by atoms with van der Waals surface area (Å²) < 4.78 is 0. The first kappa shape index (κ1) is 13.9. The number of para-hydroxylation sites is 1. The molecule has 0 N–H and O–H groups in total.